The molecule has 0 amide bonds. The van der Waals surface area contributed by atoms with Gasteiger partial charge in [-0.15, -0.1) is 12.4 Å². The maximum Gasteiger partial charge on any atom is 0.231 e. The summed E-state index contributed by atoms with van der Waals surface area (Å²) in [7, 11) is 0. The van der Waals surface area contributed by atoms with Gasteiger partial charge in [0.2, 0.25) is 13.6 Å². The Bertz CT molecular complexity index is 882. The summed E-state index contributed by atoms with van der Waals surface area (Å²) in [4.78, 5) is 0. The molecule has 2 heterocycles. The van der Waals surface area contributed by atoms with E-state index in [1.54, 1.807) is 0 Å². The van der Waals surface area contributed by atoms with E-state index in [2.05, 4.69) is 48.7 Å². The highest BCUT2D eigenvalue weighted by atomic mass is 35.5. The maximum absolute atomic E-state index is 5.54. The van der Waals surface area contributed by atoms with Gasteiger partial charge in [0.15, 0.2) is 23.0 Å². The lowest BCUT2D eigenvalue weighted by molar-refractivity contribution is 0.173. The molecular weight excluding hydrogens is 500 g/mol. The molecule has 2 aromatic carbocycles. The van der Waals surface area contributed by atoms with Gasteiger partial charge >= 0.3 is 0 Å². The zero-order chi connectivity index (χ0) is 25.7. The first-order valence-electron chi connectivity index (χ1n) is 14.5. The highest BCUT2D eigenvalue weighted by molar-refractivity contribution is 5.85. The molecule has 2 aliphatic rings. The topological polar surface area (TPSA) is 61.0 Å². The Kier molecular flexibility index (Phi) is 13.4. The van der Waals surface area contributed by atoms with E-state index in [9.17, 15) is 0 Å². The molecule has 0 aliphatic carbocycles. The Morgan fingerprint density at radius 2 is 1.00 bits per heavy atom. The third-order valence-corrected chi connectivity index (χ3v) is 7.48. The van der Waals surface area contributed by atoms with Crippen molar-refractivity contribution in [2.24, 2.45) is 0 Å². The van der Waals surface area contributed by atoms with Gasteiger partial charge < -0.3 is 29.6 Å². The number of benzene rings is 2. The van der Waals surface area contributed by atoms with Crippen LogP contribution in [0.3, 0.4) is 0 Å². The van der Waals surface area contributed by atoms with Gasteiger partial charge in [-0.3, -0.25) is 0 Å². The normalized spacial score (nSPS) is 14.8. The summed E-state index contributed by atoms with van der Waals surface area (Å²) < 4.78 is 22.0. The Balaban J connectivity index is 0.00000400. The van der Waals surface area contributed by atoms with E-state index in [0.29, 0.717) is 25.7 Å². The number of hydrogen-bond donors (Lipinski definition) is 2. The zero-order valence-corrected chi connectivity index (χ0v) is 24.1. The second-order valence-electron chi connectivity index (χ2n) is 10.5. The van der Waals surface area contributed by atoms with Gasteiger partial charge in [0, 0.05) is 25.2 Å². The van der Waals surface area contributed by atoms with Gasteiger partial charge in [0.1, 0.15) is 0 Å². The van der Waals surface area contributed by atoms with E-state index in [0.717, 1.165) is 36.1 Å². The molecule has 2 aliphatic heterocycles. The molecule has 6 nitrogen and oxygen atoms in total. The standard InChI is InChI=1S/C31H46N2O4.ClH/c1-3-5-10-26(32-20-24-14-16-28-30(18-24)36-22-34-28)12-8-7-9-13-27(11-6-4-2)33-21-25-15-17-29-31(19-25)37-23-35-29;/h14-19,26-27,32-33H,3-13,20-23H2,1-2H3;1H. The first-order chi connectivity index (χ1) is 18.2. The minimum Gasteiger partial charge on any atom is -0.454 e. The molecule has 0 radical (unpaired) electrons. The molecule has 2 unspecified atom stereocenters. The lowest BCUT2D eigenvalue weighted by atomic mass is 9.99. The van der Waals surface area contributed by atoms with Gasteiger partial charge in [0.25, 0.3) is 0 Å². The first kappa shape index (κ1) is 30.4. The Labute approximate surface area is 235 Å². The van der Waals surface area contributed by atoms with E-state index >= 15 is 0 Å². The van der Waals surface area contributed by atoms with Crippen molar-refractivity contribution in [1.29, 1.82) is 0 Å². The van der Waals surface area contributed by atoms with Crippen LogP contribution in [0, 0.1) is 0 Å². The predicted octanol–water partition coefficient (Wildman–Crippen LogP) is 7.51. The molecule has 0 bridgehead atoms. The van der Waals surface area contributed by atoms with Crippen molar-refractivity contribution in [2.75, 3.05) is 13.6 Å². The van der Waals surface area contributed by atoms with Crippen LogP contribution >= 0.6 is 12.4 Å². The smallest absolute Gasteiger partial charge is 0.231 e. The summed E-state index contributed by atoms with van der Waals surface area (Å²) in [6, 6.07) is 13.7. The highest BCUT2D eigenvalue weighted by Gasteiger charge is 2.16. The van der Waals surface area contributed by atoms with Crippen molar-refractivity contribution in [3.8, 4) is 23.0 Å². The average Bonchev–Trinajstić information content (AvgIpc) is 3.59. The van der Waals surface area contributed by atoms with E-state index in [-0.39, 0.29) is 12.4 Å². The second-order valence-corrected chi connectivity index (χ2v) is 10.5. The number of hydrogen-bond acceptors (Lipinski definition) is 6. The van der Waals surface area contributed by atoms with Crippen LogP contribution < -0.4 is 29.6 Å². The van der Waals surface area contributed by atoms with Crippen LogP contribution in [-0.4, -0.2) is 25.7 Å². The number of halogens is 1. The third kappa shape index (κ3) is 9.55. The number of nitrogens with one attached hydrogen (secondary N) is 2. The minimum atomic E-state index is 0. The van der Waals surface area contributed by atoms with Crippen LogP contribution in [0.4, 0.5) is 0 Å². The lowest BCUT2D eigenvalue weighted by Crippen LogP contribution is -2.29. The molecule has 2 atom stereocenters. The highest BCUT2D eigenvalue weighted by Crippen LogP contribution is 2.33. The number of unbranched alkanes of at least 4 members (excludes halogenated alkanes) is 4. The largest absolute Gasteiger partial charge is 0.454 e. The van der Waals surface area contributed by atoms with Gasteiger partial charge in [-0.05, 0) is 61.1 Å². The van der Waals surface area contributed by atoms with Gasteiger partial charge in [0.05, 0.1) is 0 Å². The van der Waals surface area contributed by atoms with Crippen LogP contribution in [0.15, 0.2) is 36.4 Å². The van der Waals surface area contributed by atoms with Crippen LogP contribution in [0.2, 0.25) is 0 Å². The molecule has 2 N–H and O–H groups in total. The summed E-state index contributed by atoms with van der Waals surface area (Å²) in [6.45, 7) is 6.99. The first-order valence-corrected chi connectivity index (χ1v) is 14.5. The molecule has 7 heteroatoms. The number of rotatable bonds is 18. The van der Waals surface area contributed by atoms with Gasteiger partial charge in [-0.1, -0.05) is 70.9 Å². The van der Waals surface area contributed by atoms with Crippen molar-refractivity contribution in [2.45, 2.75) is 110 Å². The van der Waals surface area contributed by atoms with Crippen LogP contribution in [0.1, 0.15) is 95.6 Å². The third-order valence-electron chi connectivity index (χ3n) is 7.48. The van der Waals surface area contributed by atoms with Crippen molar-refractivity contribution in [3.05, 3.63) is 47.5 Å². The quantitative estimate of drug-likeness (QED) is 0.189. The van der Waals surface area contributed by atoms with E-state index in [4.69, 9.17) is 18.9 Å². The molecule has 0 saturated heterocycles. The van der Waals surface area contributed by atoms with Crippen LogP contribution in [0.5, 0.6) is 23.0 Å². The molecule has 2 aromatic rings. The molecule has 0 fully saturated rings. The van der Waals surface area contributed by atoms with Crippen LogP contribution in [-0.2, 0) is 13.1 Å². The summed E-state index contributed by atoms with van der Waals surface area (Å²) in [6.07, 6.45) is 13.9. The summed E-state index contributed by atoms with van der Waals surface area (Å²) in [5.74, 6) is 3.45. The lowest BCUT2D eigenvalue weighted by Gasteiger charge is -2.20. The Morgan fingerprint density at radius 3 is 1.45 bits per heavy atom. The summed E-state index contributed by atoms with van der Waals surface area (Å²) in [5.41, 5.74) is 2.52. The average molecular weight is 547 g/mol. The van der Waals surface area contributed by atoms with Crippen molar-refractivity contribution in [1.82, 2.24) is 10.6 Å². The van der Waals surface area contributed by atoms with E-state index in [1.165, 1.54) is 81.8 Å². The molecule has 4 rings (SSSR count). The molecule has 38 heavy (non-hydrogen) atoms. The Hall–Kier alpha value is -2.15. The van der Waals surface area contributed by atoms with Gasteiger partial charge in [-0.25, -0.2) is 0 Å². The molecule has 212 valence electrons. The van der Waals surface area contributed by atoms with Crippen LogP contribution in [0.25, 0.3) is 0 Å². The van der Waals surface area contributed by atoms with Crippen molar-refractivity contribution >= 4 is 12.4 Å². The second kappa shape index (κ2) is 16.7. The predicted molar refractivity (Wildman–Crippen MR) is 156 cm³/mol. The zero-order valence-electron chi connectivity index (χ0n) is 23.3. The molecule has 0 spiro atoms. The van der Waals surface area contributed by atoms with Gasteiger partial charge in [-0.2, -0.15) is 0 Å². The van der Waals surface area contributed by atoms with Crippen molar-refractivity contribution in [3.63, 3.8) is 0 Å². The molecule has 0 aromatic heterocycles. The monoisotopic (exact) mass is 546 g/mol. The van der Waals surface area contributed by atoms with Crippen molar-refractivity contribution < 1.29 is 18.9 Å². The van der Waals surface area contributed by atoms with E-state index < -0.39 is 0 Å². The fourth-order valence-electron chi connectivity index (χ4n) is 5.18. The minimum absolute atomic E-state index is 0. The fraction of sp³-hybridized carbons (Fsp3) is 0.613. The van der Waals surface area contributed by atoms with E-state index in [1.807, 2.05) is 12.1 Å². The summed E-state index contributed by atoms with van der Waals surface area (Å²) >= 11 is 0. The molecular formula is C31H47ClN2O4. The summed E-state index contributed by atoms with van der Waals surface area (Å²) in [5, 5.41) is 7.64. The Morgan fingerprint density at radius 1 is 0.579 bits per heavy atom. The maximum atomic E-state index is 5.54. The molecule has 0 saturated carbocycles. The fourth-order valence-corrected chi connectivity index (χ4v) is 5.18. The number of fused-ring (bicyclic) bond motifs is 2. The number of ether oxygens (including phenoxy) is 4. The SMILES string of the molecule is CCCCC(CCCCCC(CCCC)NCc1ccc2c(c1)OCO2)NCc1ccc2c(c1)OCO2.Cl.